The molecule has 0 aliphatic rings. The van der Waals surface area contributed by atoms with Gasteiger partial charge in [-0.3, -0.25) is 4.79 Å². The fraction of sp³-hybridized carbons (Fsp3) is 0.533. The summed E-state index contributed by atoms with van der Waals surface area (Å²) in [5.74, 6) is 0.0172. The van der Waals surface area contributed by atoms with Crippen LogP contribution in [0.25, 0.3) is 0 Å². The molecule has 0 saturated carbocycles. The lowest BCUT2D eigenvalue weighted by atomic mass is 9.85. The van der Waals surface area contributed by atoms with Crippen molar-refractivity contribution in [3.8, 4) is 0 Å². The SMILES string of the molecule is CN(Cc1cc(Cl)cc(Cl)c1)C(=O)CC(N)C(C)(C)C. The van der Waals surface area contributed by atoms with Gasteiger partial charge in [0.05, 0.1) is 0 Å². The number of nitrogens with zero attached hydrogens (tertiary/aromatic N) is 1. The van der Waals surface area contributed by atoms with Crippen molar-refractivity contribution in [1.82, 2.24) is 4.90 Å². The van der Waals surface area contributed by atoms with Gasteiger partial charge in [-0.25, -0.2) is 0 Å². The van der Waals surface area contributed by atoms with E-state index in [4.69, 9.17) is 28.9 Å². The zero-order chi connectivity index (χ0) is 15.5. The Balaban J connectivity index is 2.66. The fourth-order valence-electron chi connectivity index (χ4n) is 1.71. The Morgan fingerprint density at radius 3 is 2.20 bits per heavy atom. The van der Waals surface area contributed by atoms with Gasteiger partial charge in [-0.05, 0) is 29.2 Å². The molecule has 0 radical (unpaired) electrons. The first kappa shape index (κ1) is 17.3. The predicted octanol–water partition coefficient (Wildman–Crippen LogP) is 3.72. The summed E-state index contributed by atoms with van der Waals surface area (Å²) < 4.78 is 0. The Morgan fingerprint density at radius 2 is 1.75 bits per heavy atom. The quantitative estimate of drug-likeness (QED) is 0.920. The molecule has 20 heavy (non-hydrogen) atoms. The number of carbonyl (C=O) groups excluding carboxylic acids is 1. The molecule has 1 aromatic rings. The van der Waals surface area contributed by atoms with Crippen LogP contribution in [0.15, 0.2) is 18.2 Å². The Hall–Kier alpha value is -0.770. The van der Waals surface area contributed by atoms with Gasteiger partial charge in [0.2, 0.25) is 5.91 Å². The van der Waals surface area contributed by atoms with E-state index < -0.39 is 0 Å². The molecule has 0 saturated heterocycles. The Bertz CT molecular complexity index is 463. The van der Waals surface area contributed by atoms with Gasteiger partial charge >= 0.3 is 0 Å². The van der Waals surface area contributed by atoms with Crippen molar-refractivity contribution in [3.63, 3.8) is 0 Å². The van der Waals surface area contributed by atoms with Crippen molar-refractivity contribution < 1.29 is 4.79 Å². The highest BCUT2D eigenvalue weighted by atomic mass is 35.5. The maximum atomic E-state index is 12.2. The fourth-order valence-corrected chi connectivity index (χ4v) is 2.29. The smallest absolute Gasteiger partial charge is 0.224 e. The van der Waals surface area contributed by atoms with Crippen LogP contribution in [0, 0.1) is 5.41 Å². The van der Waals surface area contributed by atoms with Crippen molar-refractivity contribution in [2.45, 2.75) is 39.8 Å². The molecule has 1 unspecified atom stereocenters. The molecule has 2 N–H and O–H groups in total. The molecule has 1 atom stereocenters. The average molecular weight is 317 g/mol. The van der Waals surface area contributed by atoms with Gasteiger partial charge in [-0.1, -0.05) is 44.0 Å². The van der Waals surface area contributed by atoms with Crippen molar-refractivity contribution >= 4 is 29.1 Å². The number of amides is 1. The lowest BCUT2D eigenvalue weighted by Gasteiger charge is -2.28. The van der Waals surface area contributed by atoms with Gasteiger partial charge in [-0.2, -0.15) is 0 Å². The van der Waals surface area contributed by atoms with E-state index in [2.05, 4.69) is 0 Å². The third kappa shape index (κ3) is 5.31. The second-order valence-corrected chi connectivity index (χ2v) is 7.08. The van der Waals surface area contributed by atoms with E-state index in [1.807, 2.05) is 20.8 Å². The van der Waals surface area contributed by atoms with Crippen LogP contribution in [0.2, 0.25) is 10.0 Å². The van der Waals surface area contributed by atoms with E-state index in [0.29, 0.717) is 23.0 Å². The topological polar surface area (TPSA) is 46.3 Å². The maximum Gasteiger partial charge on any atom is 0.224 e. The van der Waals surface area contributed by atoms with Crippen LogP contribution in [0.4, 0.5) is 0 Å². The first-order valence-electron chi connectivity index (χ1n) is 6.54. The van der Waals surface area contributed by atoms with Gasteiger partial charge in [-0.15, -0.1) is 0 Å². The molecule has 3 nitrogen and oxygen atoms in total. The maximum absolute atomic E-state index is 12.2. The molecule has 1 aromatic carbocycles. The number of rotatable bonds is 4. The van der Waals surface area contributed by atoms with Crippen LogP contribution < -0.4 is 5.73 Å². The molecule has 0 spiro atoms. The van der Waals surface area contributed by atoms with Crippen LogP contribution in [0.1, 0.15) is 32.8 Å². The highest BCUT2D eigenvalue weighted by Gasteiger charge is 2.24. The lowest BCUT2D eigenvalue weighted by Crippen LogP contribution is -2.40. The average Bonchev–Trinajstić information content (AvgIpc) is 2.25. The summed E-state index contributed by atoms with van der Waals surface area (Å²) in [7, 11) is 1.76. The highest BCUT2D eigenvalue weighted by molar-refractivity contribution is 6.34. The summed E-state index contributed by atoms with van der Waals surface area (Å²) in [6, 6.07) is 5.12. The van der Waals surface area contributed by atoms with Crippen LogP contribution >= 0.6 is 23.2 Å². The Kier molecular flexibility index (Phi) is 5.87. The molecule has 1 rings (SSSR count). The van der Waals surface area contributed by atoms with E-state index in [9.17, 15) is 4.79 Å². The van der Waals surface area contributed by atoms with E-state index >= 15 is 0 Å². The summed E-state index contributed by atoms with van der Waals surface area (Å²) >= 11 is 11.9. The lowest BCUT2D eigenvalue weighted by molar-refractivity contribution is -0.131. The number of hydrogen-bond acceptors (Lipinski definition) is 2. The van der Waals surface area contributed by atoms with Gasteiger partial charge < -0.3 is 10.6 Å². The normalized spacial score (nSPS) is 13.2. The second kappa shape index (κ2) is 6.79. The van der Waals surface area contributed by atoms with Gasteiger partial charge in [0.15, 0.2) is 0 Å². The summed E-state index contributed by atoms with van der Waals surface area (Å²) in [5, 5.41) is 1.14. The number of hydrogen-bond donors (Lipinski definition) is 1. The van der Waals surface area contributed by atoms with E-state index in [1.54, 1.807) is 30.1 Å². The molecule has 0 bridgehead atoms. The monoisotopic (exact) mass is 316 g/mol. The van der Waals surface area contributed by atoms with Crippen molar-refractivity contribution in [2.24, 2.45) is 11.1 Å². The van der Waals surface area contributed by atoms with Crippen molar-refractivity contribution in [2.75, 3.05) is 7.05 Å². The predicted molar refractivity (Wildman–Crippen MR) is 85.0 cm³/mol. The largest absolute Gasteiger partial charge is 0.341 e. The van der Waals surface area contributed by atoms with Gasteiger partial charge in [0, 0.05) is 36.1 Å². The third-order valence-corrected chi connectivity index (χ3v) is 3.71. The molecule has 0 aliphatic carbocycles. The molecular weight excluding hydrogens is 295 g/mol. The zero-order valence-corrected chi connectivity index (χ0v) is 13.9. The Labute approximate surface area is 131 Å². The Morgan fingerprint density at radius 1 is 1.25 bits per heavy atom. The molecule has 1 amide bonds. The van der Waals surface area contributed by atoms with Crippen LogP contribution in [0.3, 0.4) is 0 Å². The standard InChI is InChI=1S/C15H22Cl2N2O/c1-15(2,3)13(18)8-14(20)19(4)9-10-5-11(16)7-12(17)6-10/h5-7,13H,8-9,18H2,1-4H3. The van der Waals surface area contributed by atoms with E-state index in [0.717, 1.165) is 5.56 Å². The zero-order valence-electron chi connectivity index (χ0n) is 12.4. The first-order chi connectivity index (χ1) is 9.09. The molecule has 0 aliphatic heterocycles. The van der Waals surface area contributed by atoms with Crippen molar-refractivity contribution in [3.05, 3.63) is 33.8 Å². The molecule has 0 heterocycles. The van der Waals surface area contributed by atoms with Crippen LogP contribution in [-0.4, -0.2) is 23.9 Å². The minimum Gasteiger partial charge on any atom is -0.341 e. The summed E-state index contributed by atoms with van der Waals surface area (Å²) in [6.45, 7) is 6.56. The minimum atomic E-state index is -0.166. The summed E-state index contributed by atoms with van der Waals surface area (Å²) in [4.78, 5) is 13.8. The van der Waals surface area contributed by atoms with E-state index in [1.165, 1.54) is 0 Å². The molecular formula is C15H22Cl2N2O. The molecule has 112 valence electrons. The number of benzene rings is 1. The van der Waals surface area contributed by atoms with E-state index in [-0.39, 0.29) is 17.4 Å². The number of carbonyl (C=O) groups is 1. The van der Waals surface area contributed by atoms with Crippen LogP contribution in [0.5, 0.6) is 0 Å². The highest BCUT2D eigenvalue weighted by Crippen LogP contribution is 2.22. The molecule has 0 fully saturated rings. The summed E-state index contributed by atoms with van der Waals surface area (Å²) in [5.41, 5.74) is 6.86. The first-order valence-corrected chi connectivity index (χ1v) is 7.29. The number of nitrogens with two attached hydrogens (primary N) is 1. The molecule has 0 aromatic heterocycles. The second-order valence-electron chi connectivity index (χ2n) is 6.20. The van der Waals surface area contributed by atoms with Crippen LogP contribution in [-0.2, 0) is 11.3 Å². The number of halogens is 2. The summed E-state index contributed by atoms with van der Waals surface area (Å²) in [6.07, 6.45) is 0.328. The molecule has 5 heteroatoms. The third-order valence-electron chi connectivity index (χ3n) is 3.27. The van der Waals surface area contributed by atoms with Gasteiger partial charge in [0.25, 0.3) is 0 Å². The van der Waals surface area contributed by atoms with Gasteiger partial charge in [0.1, 0.15) is 0 Å². The van der Waals surface area contributed by atoms with Crippen molar-refractivity contribution in [1.29, 1.82) is 0 Å². The minimum absolute atomic E-state index is 0.0172.